The molecule has 0 aliphatic carbocycles. The molecular formula is C16H22N4O. The molecule has 112 valence electrons. The molecule has 3 N–H and O–H groups in total. The van der Waals surface area contributed by atoms with Crippen molar-refractivity contribution in [2.24, 2.45) is 5.73 Å². The minimum atomic E-state index is -0.602. The number of hydrogen-bond donors (Lipinski definition) is 2. The van der Waals surface area contributed by atoms with E-state index in [4.69, 9.17) is 5.73 Å². The van der Waals surface area contributed by atoms with E-state index in [0.717, 1.165) is 11.3 Å². The molecular weight excluding hydrogens is 264 g/mol. The van der Waals surface area contributed by atoms with E-state index in [0.29, 0.717) is 18.8 Å². The van der Waals surface area contributed by atoms with E-state index in [9.17, 15) is 4.79 Å². The number of nitrogens with two attached hydrogens (primary N) is 1. The zero-order chi connectivity index (χ0) is 15.5. The van der Waals surface area contributed by atoms with Crippen molar-refractivity contribution in [3.63, 3.8) is 0 Å². The van der Waals surface area contributed by atoms with Crippen LogP contribution < -0.4 is 11.1 Å². The maximum absolute atomic E-state index is 12.6. The number of carbonyl (C=O) groups is 1. The Morgan fingerprint density at radius 3 is 2.62 bits per heavy atom. The van der Waals surface area contributed by atoms with Gasteiger partial charge >= 0.3 is 0 Å². The van der Waals surface area contributed by atoms with Gasteiger partial charge < -0.3 is 11.1 Å². The quantitative estimate of drug-likeness (QED) is 0.880. The van der Waals surface area contributed by atoms with E-state index in [1.54, 1.807) is 10.7 Å². The Morgan fingerprint density at radius 2 is 2.05 bits per heavy atom. The third-order valence-corrected chi connectivity index (χ3v) is 3.64. The van der Waals surface area contributed by atoms with Gasteiger partial charge in [-0.05, 0) is 32.4 Å². The van der Waals surface area contributed by atoms with Crippen molar-refractivity contribution in [2.45, 2.75) is 32.9 Å². The van der Waals surface area contributed by atoms with Crippen LogP contribution >= 0.6 is 0 Å². The van der Waals surface area contributed by atoms with E-state index >= 15 is 0 Å². The molecule has 0 saturated heterocycles. The number of carbonyl (C=O) groups excluding carboxylic acids is 1. The van der Waals surface area contributed by atoms with Crippen LogP contribution in [0.5, 0.6) is 0 Å². The van der Waals surface area contributed by atoms with Gasteiger partial charge in [-0.25, -0.2) is 0 Å². The molecule has 0 radical (unpaired) electrons. The van der Waals surface area contributed by atoms with Gasteiger partial charge in [0, 0.05) is 13.1 Å². The second kappa shape index (κ2) is 6.10. The lowest BCUT2D eigenvalue weighted by atomic mass is 9.92. The summed E-state index contributed by atoms with van der Waals surface area (Å²) in [5.41, 5.74) is 7.68. The number of rotatable bonds is 5. The second-order valence-corrected chi connectivity index (χ2v) is 5.34. The fourth-order valence-corrected chi connectivity index (χ4v) is 2.33. The molecule has 2 rings (SSSR count). The van der Waals surface area contributed by atoms with E-state index < -0.39 is 5.54 Å². The molecule has 0 bridgehead atoms. The first-order valence-corrected chi connectivity index (χ1v) is 7.12. The second-order valence-electron chi connectivity index (χ2n) is 5.34. The highest BCUT2D eigenvalue weighted by Crippen LogP contribution is 2.20. The monoisotopic (exact) mass is 286 g/mol. The summed E-state index contributed by atoms with van der Waals surface area (Å²) < 4.78 is 1.70. The highest BCUT2D eigenvalue weighted by molar-refractivity contribution is 5.93. The van der Waals surface area contributed by atoms with Crippen LogP contribution in [0.25, 0.3) is 0 Å². The minimum absolute atomic E-state index is 0.158. The van der Waals surface area contributed by atoms with Crippen LogP contribution in [0.2, 0.25) is 0 Å². The molecule has 0 aliphatic rings. The molecule has 1 unspecified atom stereocenters. The van der Waals surface area contributed by atoms with Crippen molar-refractivity contribution in [1.82, 2.24) is 15.1 Å². The summed E-state index contributed by atoms with van der Waals surface area (Å²) in [5, 5.41) is 7.34. The van der Waals surface area contributed by atoms with E-state index in [1.165, 1.54) is 0 Å². The molecule has 0 fully saturated rings. The van der Waals surface area contributed by atoms with Crippen molar-refractivity contribution in [3.8, 4) is 0 Å². The van der Waals surface area contributed by atoms with Crippen LogP contribution in [-0.2, 0) is 12.1 Å². The van der Waals surface area contributed by atoms with E-state index in [-0.39, 0.29) is 5.91 Å². The van der Waals surface area contributed by atoms with Crippen LogP contribution in [0.15, 0.2) is 36.4 Å². The number of nitrogens with one attached hydrogen (secondary N) is 1. The largest absolute Gasteiger partial charge is 0.340 e. The van der Waals surface area contributed by atoms with Crippen LogP contribution in [0, 0.1) is 6.92 Å². The lowest BCUT2D eigenvalue weighted by molar-refractivity contribution is 0.0896. The number of nitrogens with zero attached hydrogens (tertiary/aromatic N) is 2. The number of benzene rings is 1. The third-order valence-electron chi connectivity index (χ3n) is 3.64. The minimum Gasteiger partial charge on any atom is -0.340 e. The highest BCUT2D eigenvalue weighted by atomic mass is 16.2. The van der Waals surface area contributed by atoms with Crippen molar-refractivity contribution in [1.29, 1.82) is 0 Å². The first-order chi connectivity index (χ1) is 10.00. The molecule has 5 nitrogen and oxygen atoms in total. The normalized spacial score (nSPS) is 13.7. The van der Waals surface area contributed by atoms with E-state index in [1.807, 2.05) is 51.1 Å². The third kappa shape index (κ3) is 3.13. The Kier molecular flexibility index (Phi) is 4.43. The summed E-state index contributed by atoms with van der Waals surface area (Å²) in [4.78, 5) is 12.6. The van der Waals surface area contributed by atoms with Gasteiger partial charge in [-0.2, -0.15) is 5.10 Å². The Morgan fingerprint density at radius 1 is 1.38 bits per heavy atom. The summed E-state index contributed by atoms with van der Waals surface area (Å²) in [7, 11) is 0. The van der Waals surface area contributed by atoms with Crippen molar-refractivity contribution < 1.29 is 4.79 Å². The topological polar surface area (TPSA) is 72.9 Å². The molecule has 1 heterocycles. The average Bonchev–Trinajstić information content (AvgIpc) is 2.89. The summed E-state index contributed by atoms with van der Waals surface area (Å²) in [6, 6.07) is 11.6. The van der Waals surface area contributed by atoms with Gasteiger partial charge in [0.25, 0.3) is 5.91 Å². The molecule has 1 aromatic heterocycles. The van der Waals surface area contributed by atoms with Crippen molar-refractivity contribution in [2.75, 3.05) is 6.54 Å². The Bertz CT molecular complexity index is 620. The zero-order valence-corrected chi connectivity index (χ0v) is 12.8. The number of hydrogen-bond acceptors (Lipinski definition) is 3. The first-order valence-electron chi connectivity index (χ1n) is 7.12. The SMILES string of the molecule is CCn1nc(C)cc1C(=O)NC(C)(CN)c1ccccc1. The molecule has 0 aliphatic heterocycles. The lowest BCUT2D eigenvalue weighted by Crippen LogP contribution is -2.49. The van der Waals surface area contributed by atoms with Gasteiger partial charge in [-0.15, -0.1) is 0 Å². The maximum Gasteiger partial charge on any atom is 0.270 e. The molecule has 1 atom stereocenters. The van der Waals surface area contributed by atoms with Crippen LogP contribution in [0.3, 0.4) is 0 Å². The lowest BCUT2D eigenvalue weighted by Gasteiger charge is -2.30. The highest BCUT2D eigenvalue weighted by Gasteiger charge is 2.28. The van der Waals surface area contributed by atoms with Crippen LogP contribution in [-0.4, -0.2) is 22.2 Å². The van der Waals surface area contributed by atoms with Crippen molar-refractivity contribution >= 4 is 5.91 Å². The smallest absolute Gasteiger partial charge is 0.270 e. The average molecular weight is 286 g/mol. The van der Waals surface area contributed by atoms with E-state index in [2.05, 4.69) is 10.4 Å². The predicted octanol–water partition coefficient (Wildman–Crippen LogP) is 1.82. The Hall–Kier alpha value is -2.14. The Labute approximate surface area is 125 Å². The number of amides is 1. The first kappa shape index (κ1) is 15.3. The van der Waals surface area contributed by atoms with Crippen LogP contribution in [0.1, 0.15) is 35.6 Å². The summed E-state index contributed by atoms with van der Waals surface area (Å²) in [6.45, 7) is 6.74. The maximum atomic E-state index is 12.6. The number of aromatic nitrogens is 2. The number of aryl methyl sites for hydroxylation is 2. The molecule has 0 saturated carbocycles. The summed E-state index contributed by atoms with van der Waals surface area (Å²) in [6.07, 6.45) is 0. The molecule has 1 amide bonds. The molecule has 2 aromatic rings. The van der Waals surface area contributed by atoms with Gasteiger partial charge in [0.1, 0.15) is 5.69 Å². The predicted molar refractivity (Wildman–Crippen MR) is 83.0 cm³/mol. The van der Waals surface area contributed by atoms with Gasteiger partial charge in [0.2, 0.25) is 0 Å². The molecule has 21 heavy (non-hydrogen) atoms. The van der Waals surface area contributed by atoms with Gasteiger partial charge in [0.05, 0.1) is 11.2 Å². The van der Waals surface area contributed by atoms with Crippen molar-refractivity contribution in [3.05, 3.63) is 53.3 Å². The zero-order valence-electron chi connectivity index (χ0n) is 12.8. The molecule has 5 heteroatoms. The Balaban J connectivity index is 2.28. The van der Waals surface area contributed by atoms with Crippen LogP contribution in [0.4, 0.5) is 0 Å². The standard InChI is InChI=1S/C16H22N4O/c1-4-20-14(10-12(2)19-20)15(21)18-16(3,11-17)13-8-6-5-7-9-13/h5-10H,4,11,17H2,1-3H3,(H,18,21). The van der Waals surface area contributed by atoms with Gasteiger partial charge in [-0.1, -0.05) is 30.3 Å². The fraction of sp³-hybridized carbons (Fsp3) is 0.375. The summed E-state index contributed by atoms with van der Waals surface area (Å²) >= 11 is 0. The molecule has 0 spiro atoms. The fourth-order valence-electron chi connectivity index (χ4n) is 2.33. The van der Waals surface area contributed by atoms with Gasteiger partial charge in [0.15, 0.2) is 0 Å². The van der Waals surface area contributed by atoms with Gasteiger partial charge in [-0.3, -0.25) is 9.48 Å². The molecule has 1 aromatic carbocycles. The summed E-state index contributed by atoms with van der Waals surface area (Å²) in [5.74, 6) is -0.158.